The summed E-state index contributed by atoms with van der Waals surface area (Å²) in [7, 11) is 0. The van der Waals surface area contributed by atoms with Crippen LogP contribution in [0.4, 0.5) is 0 Å². The Labute approximate surface area is 123 Å². The van der Waals surface area contributed by atoms with Crippen molar-refractivity contribution in [2.24, 2.45) is 0 Å². The molecule has 110 valence electrons. The highest BCUT2D eigenvalue weighted by molar-refractivity contribution is 7.14. The van der Waals surface area contributed by atoms with Crippen molar-refractivity contribution in [3.8, 4) is 0 Å². The van der Waals surface area contributed by atoms with Gasteiger partial charge in [-0.2, -0.15) is 0 Å². The van der Waals surface area contributed by atoms with Crippen LogP contribution in [-0.4, -0.2) is 34.0 Å². The number of hydrogen-bond donors (Lipinski definition) is 1. The number of likely N-dealkylation sites (tertiary alicyclic amines) is 1. The minimum absolute atomic E-state index is 0.125. The SMILES string of the molecule is CCc1sc(C(=O)N2CCCC2(CC)C(=O)O)cc1C. The zero-order valence-corrected chi connectivity index (χ0v) is 13.0. The maximum absolute atomic E-state index is 12.7. The molecule has 1 unspecified atom stereocenters. The lowest BCUT2D eigenvalue weighted by Gasteiger charge is -2.33. The molecular weight excluding hydrogens is 274 g/mol. The highest BCUT2D eigenvalue weighted by atomic mass is 32.1. The van der Waals surface area contributed by atoms with Crippen LogP contribution in [0.5, 0.6) is 0 Å². The molecule has 1 fully saturated rings. The number of carbonyl (C=O) groups is 2. The first-order valence-electron chi connectivity index (χ1n) is 7.11. The summed E-state index contributed by atoms with van der Waals surface area (Å²) in [6, 6.07) is 1.90. The van der Waals surface area contributed by atoms with E-state index in [1.165, 1.54) is 16.2 Å². The summed E-state index contributed by atoms with van der Waals surface area (Å²) in [6.07, 6.45) is 2.67. The first-order chi connectivity index (χ1) is 9.46. The van der Waals surface area contributed by atoms with Gasteiger partial charge in [0, 0.05) is 11.4 Å². The van der Waals surface area contributed by atoms with E-state index in [0.29, 0.717) is 24.3 Å². The molecule has 1 N–H and O–H groups in total. The molecule has 1 saturated heterocycles. The Balaban J connectivity index is 2.34. The van der Waals surface area contributed by atoms with E-state index >= 15 is 0 Å². The third-order valence-corrected chi connectivity index (χ3v) is 5.64. The van der Waals surface area contributed by atoms with Crippen molar-refractivity contribution in [1.82, 2.24) is 4.90 Å². The topological polar surface area (TPSA) is 57.6 Å². The van der Waals surface area contributed by atoms with Crippen molar-refractivity contribution in [2.75, 3.05) is 6.54 Å². The van der Waals surface area contributed by atoms with Crippen molar-refractivity contribution >= 4 is 23.2 Å². The van der Waals surface area contributed by atoms with E-state index in [4.69, 9.17) is 0 Å². The number of aryl methyl sites for hydroxylation is 2. The highest BCUT2D eigenvalue weighted by Crippen LogP contribution is 2.35. The van der Waals surface area contributed by atoms with E-state index in [2.05, 4.69) is 6.92 Å². The standard InChI is InChI=1S/C15H21NO3S/c1-4-11-10(3)9-12(20-11)13(17)16-8-6-7-15(16,5-2)14(18)19/h9H,4-8H2,1-3H3,(H,18,19). The molecule has 2 rings (SSSR count). The monoisotopic (exact) mass is 295 g/mol. The molecule has 0 radical (unpaired) electrons. The molecule has 1 amide bonds. The minimum atomic E-state index is -1.01. The number of carboxylic acid groups (broad SMARTS) is 1. The van der Waals surface area contributed by atoms with E-state index in [0.717, 1.165) is 18.4 Å². The maximum atomic E-state index is 12.7. The lowest BCUT2D eigenvalue weighted by atomic mass is 9.93. The van der Waals surface area contributed by atoms with E-state index < -0.39 is 11.5 Å². The molecule has 0 aromatic carbocycles. The quantitative estimate of drug-likeness (QED) is 0.928. The van der Waals surface area contributed by atoms with Crippen LogP contribution < -0.4 is 0 Å². The average molecular weight is 295 g/mol. The summed E-state index contributed by atoms with van der Waals surface area (Å²) in [5.74, 6) is -1.01. The number of thiophene rings is 1. The van der Waals surface area contributed by atoms with Gasteiger partial charge >= 0.3 is 5.97 Å². The molecular formula is C15H21NO3S. The van der Waals surface area contributed by atoms with Gasteiger partial charge in [0.1, 0.15) is 5.54 Å². The third kappa shape index (κ3) is 2.24. The van der Waals surface area contributed by atoms with Gasteiger partial charge < -0.3 is 10.0 Å². The summed E-state index contributed by atoms with van der Waals surface area (Å²) >= 11 is 1.49. The number of carbonyl (C=O) groups excluding carboxylic acids is 1. The van der Waals surface area contributed by atoms with Gasteiger partial charge in [-0.3, -0.25) is 4.79 Å². The normalized spacial score (nSPS) is 22.2. The van der Waals surface area contributed by atoms with Gasteiger partial charge in [-0.1, -0.05) is 13.8 Å². The predicted molar refractivity (Wildman–Crippen MR) is 79.4 cm³/mol. The van der Waals surface area contributed by atoms with Gasteiger partial charge in [0.25, 0.3) is 5.91 Å². The van der Waals surface area contributed by atoms with Crippen molar-refractivity contribution in [2.45, 2.75) is 52.0 Å². The molecule has 2 heterocycles. The number of rotatable bonds is 4. The number of amides is 1. The van der Waals surface area contributed by atoms with Gasteiger partial charge in [-0.15, -0.1) is 11.3 Å². The second kappa shape index (κ2) is 5.56. The molecule has 5 heteroatoms. The molecule has 1 aliphatic heterocycles. The second-order valence-corrected chi connectivity index (χ2v) is 6.46. The van der Waals surface area contributed by atoms with Crippen molar-refractivity contribution in [3.05, 3.63) is 21.4 Å². The summed E-state index contributed by atoms with van der Waals surface area (Å²) in [6.45, 7) is 6.45. The number of aliphatic carboxylic acids is 1. The number of nitrogens with zero attached hydrogens (tertiary/aromatic N) is 1. The zero-order chi connectivity index (χ0) is 14.9. The number of carboxylic acids is 1. The van der Waals surface area contributed by atoms with Gasteiger partial charge in [0.15, 0.2) is 0 Å². The summed E-state index contributed by atoms with van der Waals surface area (Å²) in [5, 5.41) is 9.55. The van der Waals surface area contributed by atoms with Crippen LogP contribution in [-0.2, 0) is 11.2 Å². The van der Waals surface area contributed by atoms with Crippen LogP contribution in [0.25, 0.3) is 0 Å². The predicted octanol–water partition coefficient (Wildman–Crippen LogP) is 3.09. The fraction of sp³-hybridized carbons (Fsp3) is 0.600. The van der Waals surface area contributed by atoms with Gasteiger partial charge in [0.2, 0.25) is 0 Å². The molecule has 1 aromatic rings. The minimum Gasteiger partial charge on any atom is -0.479 e. The first-order valence-corrected chi connectivity index (χ1v) is 7.92. The molecule has 1 aromatic heterocycles. The Hall–Kier alpha value is -1.36. The van der Waals surface area contributed by atoms with E-state index in [1.807, 2.05) is 19.9 Å². The molecule has 0 aliphatic carbocycles. The van der Waals surface area contributed by atoms with Crippen LogP contribution in [0.3, 0.4) is 0 Å². The van der Waals surface area contributed by atoms with Gasteiger partial charge in [0.05, 0.1) is 4.88 Å². The molecule has 4 nitrogen and oxygen atoms in total. The summed E-state index contributed by atoms with van der Waals surface area (Å²) in [4.78, 5) is 27.8. The average Bonchev–Trinajstić information content (AvgIpc) is 3.01. The fourth-order valence-electron chi connectivity index (χ4n) is 3.02. The van der Waals surface area contributed by atoms with Gasteiger partial charge in [-0.25, -0.2) is 4.79 Å². The fourth-order valence-corrected chi connectivity index (χ4v) is 4.09. The van der Waals surface area contributed by atoms with Crippen molar-refractivity contribution in [3.63, 3.8) is 0 Å². The Morgan fingerprint density at radius 3 is 2.65 bits per heavy atom. The lowest BCUT2D eigenvalue weighted by Crippen LogP contribution is -2.52. The Morgan fingerprint density at radius 1 is 1.45 bits per heavy atom. The largest absolute Gasteiger partial charge is 0.479 e. The third-order valence-electron chi connectivity index (χ3n) is 4.27. The van der Waals surface area contributed by atoms with Crippen molar-refractivity contribution in [1.29, 1.82) is 0 Å². The number of hydrogen-bond acceptors (Lipinski definition) is 3. The maximum Gasteiger partial charge on any atom is 0.329 e. The summed E-state index contributed by atoms with van der Waals surface area (Å²) < 4.78 is 0. The summed E-state index contributed by atoms with van der Waals surface area (Å²) in [5.41, 5.74) is 0.110. The Morgan fingerprint density at radius 2 is 2.15 bits per heavy atom. The first kappa shape index (κ1) is 15.0. The van der Waals surface area contributed by atoms with Crippen LogP contribution in [0, 0.1) is 6.92 Å². The lowest BCUT2D eigenvalue weighted by molar-refractivity contribution is -0.148. The molecule has 1 atom stereocenters. The van der Waals surface area contributed by atoms with E-state index in [-0.39, 0.29) is 5.91 Å². The van der Waals surface area contributed by atoms with Crippen LogP contribution in [0.1, 0.15) is 53.2 Å². The van der Waals surface area contributed by atoms with Crippen LogP contribution >= 0.6 is 11.3 Å². The Bertz CT molecular complexity index is 537. The molecule has 20 heavy (non-hydrogen) atoms. The van der Waals surface area contributed by atoms with Crippen molar-refractivity contribution < 1.29 is 14.7 Å². The molecule has 0 saturated carbocycles. The van der Waals surface area contributed by atoms with E-state index in [1.54, 1.807) is 4.90 Å². The Kier molecular flexibility index (Phi) is 4.18. The molecule has 0 spiro atoms. The van der Waals surface area contributed by atoms with Crippen LogP contribution in [0.15, 0.2) is 6.07 Å². The zero-order valence-electron chi connectivity index (χ0n) is 12.2. The highest BCUT2D eigenvalue weighted by Gasteiger charge is 2.48. The van der Waals surface area contributed by atoms with E-state index in [9.17, 15) is 14.7 Å². The molecule has 1 aliphatic rings. The van der Waals surface area contributed by atoms with Gasteiger partial charge in [-0.05, 0) is 44.2 Å². The second-order valence-electron chi connectivity index (χ2n) is 5.32. The van der Waals surface area contributed by atoms with Crippen LogP contribution in [0.2, 0.25) is 0 Å². The smallest absolute Gasteiger partial charge is 0.329 e. The molecule has 0 bridgehead atoms.